The highest BCUT2D eigenvalue weighted by atomic mass is 32.2. The smallest absolute Gasteiger partial charge is 0.211 e. The normalized spacial score (nSPS) is 18.1. The minimum Gasteiger partial charge on any atom is -0.356 e. The maximum Gasteiger partial charge on any atom is 0.211 e. The van der Waals surface area contributed by atoms with Gasteiger partial charge in [0.1, 0.15) is 0 Å². The lowest BCUT2D eigenvalue weighted by molar-refractivity contribution is 0.206. The maximum absolute atomic E-state index is 11.5. The fourth-order valence-corrected chi connectivity index (χ4v) is 3.96. The van der Waals surface area contributed by atoms with E-state index in [1.807, 2.05) is 6.92 Å². The minimum atomic E-state index is -3.10. The summed E-state index contributed by atoms with van der Waals surface area (Å²) in [6, 6.07) is 0.465. The standard InChI is InChI=1S/C16H35N5O2S/c1-5-11-20-13-8-15(9-14-20)19-16(17-3)18-10-7-12-21(6-2)24(4,22)23/h15H,5-14H2,1-4H3,(H2,17,18,19). The Labute approximate surface area is 147 Å². The van der Waals surface area contributed by atoms with Crippen molar-refractivity contribution in [2.75, 3.05) is 52.6 Å². The first-order chi connectivity index (χ1) is 11.4. The predicted octanol–water partition coefficient (Wildman–Crippen LogP) is 0.697. The molecule has 1 rings (SSSR count). The Bertz CT molecular complexity index is 473. The quantitative estimate of drug-likeness (QED) is 0.359. The van der Waals surface area contributed by atoms with Gasteiger partial charge in [-0.1, -0.05) is 13.8 Å². The van der Waals surface area contributed by atoms with Crippen LogP contribution >= 0.6 is 0 Å². The molecule has 0 amide bonds. The Morgan fingerprint density at radius 2 is 1.96 bits per heavy atom. The molecule has 0 aromatic rings. The van der Waals surface area contributed by atoms with Gasteiger partial charge in [0.05, 0.1) is 6.26 Å². The molecule has 0 atom stereocenters. The topological polar surface area (TPSA) is 77.0 Å². The average Bonchev–Trinajstić information content (AvgIpc) is 2.54. The maximum atomic E-state index is 11.5. The van der Waals surface area contributed by atoms with Crippen molar-refractivity contribution in [1.82, 2.24) is 19.8 Å². The molecule has 7 nitrogen and oxygen atoms in total. The zero-order chi connectivity index (χ0) is 18.0. The Kier molecular flexibility index (Phi) is 9.61. The number of nitrogens with zero attached hydrogens (tertiary/aromatic N) is 3. The van der Waals surface area contributed by atoms with Gasteiger partial charge in [-0.05, 0) is 32.2 Å². The molecule has 1 aliphatic heterocycles. The number of hydrogen-bond donors (Lipinski definition) is 2. The highest BCUT2D eigenvalue weighted by Gasteiger charge is 2.19. The fourth-order valence-electron chi connectivity index (χ4n) is 3.03. The molecular formula is C16H35N5O2S. The van der Waals surface area contributed by atoms with Gasteiger partial charge in [0, 0.05) is 45.8 Å². The Balaban J connectivity index is 2.26. The van der Waals surface area contributed by atoms with Crippen molar-refractivity contribution in [3.8, 4) is 0 Å². The van der Waals surface area contributed by atoms with Crippen molar-refractivity contribution in [3.63, 3.8) is 0 Å². The molecule has 0 bridgehead atoms. The zero-order valence-corrected chi connectivity index (χ0v) is 16.5. The SMILES string of the molecule is CCCN1CCC(NC(=NC)NCCCN(CC)S(C)(=O)=O)CC1. The van der Waals surface area contributed by atoms with E-state index < -0.39 is 10.0 Å². The molecule has 1 saturated heterocycles. The summed E-state index contributed by atoms with van der Waals surface area (Å²) in [5.41, 5.74) is 0. The van der Waals surface area contributed by atoms with Crippen molar-refractivity contribution in [3.05, 3.63) is 0 Å². The Hall–Kier alpha value is -0.860. The number of sulfonamides is 1. The van der Waals surface area contributed by atoms with Gasteiger partial charge in [0.2, 0.25) is 10.0 Å². The number of aliphatic imine (C=N–C) groups is 1. The van der Waals surface area contributed by atoms with E-state index in [4.69, 9.17) is 0 Å². The van der Waals surface area contributed by atoms with Crippen LogP contribution in [0.2, 0.25) is 0 Å². The largest absolute Gasteiger partial charge is 0.356 e. The lowest BCUT2D eigenvalue weighted by Gasteiger charge is -2.32. The van der Waals surface area contributed by atoms with Crippen LogP contribution in [-0.4, -0.2) is 82.2 Å². The number of hydrogen-bond acceptors (Lipinski definition) is 4. The molecule has 0 unspecified atom stereocenters. The number of nitrogens with one attached hydrogen (secondary N) is 2. The molecule has 0 aliphatic carbocycles. The summed E-state index contributed by atoms with van der Waals surface area (Å²) in [5.74, 6) is 0.811. The molecule has 8 heteroatoms. The van der Waals surface area contributed by atoms with Gasteiger partial charge in [0.15, 0.2) is 5.96 Å². The molecule has 1 fully saturated rings. The van der Waals surface area contributed by atoms with Crippen molar-refractivity contribution < 1.29 is 8.42 Å². The fraction of sp³-hybridized carbons (Fsp3) is 0.938. The van der Waals surface area contributed by atoms with E-state index in [1.165, 1.54) is 23.5 Å². The summed E-state index contributed by atoms with van der Waals surface area (Å²) in [4.78, 5) is 6.78. The van der Waals surface area contributed by atoms with Crippen LogP contribution in [0.3, 0.4) is 0 Å². The predicted molar refractivity (Wildman–Crippen MR) is 101 cm³/mol. The van der Waals surface area contributed by atoms with Crippen LogP contribution in [0.5, 0.6) is 0 Å². The molecule has 24 heavy (non-hydrogen) atoms. The second kappa shape index (κ2) is 10.9. The van der Waals surface area contributed by atoms with Crippen molar-refractivity contribution >= 4 is 16.0 Å². The molecule has 142 valence electrons. The summed E-state index contributed by atoms with van der Waals surface area (Å²) in [6.45, 7) is 9.31. The Morgan fingerprint density at radius 3 is 2.46 bits per heavy atom. The monoisotopic (exact) mass is 361 g/mol. The minimum absolute atomic E-state index is 0.465. The van der Waals surface area contributed by atoms with E-state index >= 15 is 0 Å². The van der Waals surface area contributed by atoms with Gasteiger partial charge in [-0.2, -0.15) is 0 Å². The summed E-state index contributed by atoms with van der Waals surface area (Å²) in [6.07, 6.45) is 5.51. The molecule has 1 aliphatic rings. The first-order valence-corrected chi connectivity index (χ1v) is 10.9. The number of piperidine rings is 1. The first-order valence-electron chi connectivity index (χ1n) is 9.05. The van der Waals surface area contributed by atoms with Crippen LogP contribution in [0.25, 0.3) is 0 Å². The van der Waals surface area contributed by atoms with Crippen molar-refractivity contribution in [2.45, 2.75) is 45.6 Å². The van der Waals surface area contributed by atoms with Gasteiger partial charge in [-0.15, -0.1) is 0 Å². The Morgan fingerprint density at radius 1 is 1.29 bits per heavy atom. The first kappa shape index (κ1) is 21.2. The molecule has 0 spiro atoms. The number of guanidine groups is 1. The summed E-state index contributed by atoms with van der Waals surface area (Å²) in [7, 11) is -1.32. The molecule has 1 heterocycles. The second-order valence-electron chi connectivity index (χ2n) is 6.37. The van der Waals surface area contributed by atoms with Crippen LogP contribution in [0.4, 0.5) is 0 Å². The molecule has 0 aromatic carbocycles. The molecule has 2 N–H and O–H groups in total. The molecule has 0 radical (unpaired) electrons. The van der Waals surface area contributed by atoms with Crippen LogP contribution in [0, 0.1) is 0 Å². The van der Waals surface area contributed by atoms with Gasteiger partial charge < -0.3 is 15.5 Å². The lowest BCUT2D eigenvalue weighted by atomic mass is 10.1. The van der Waals surface area contributed by atoms with Crippen LogP contribution in [0.1, 0.15) is 39.5 Å². The highest BCUT2D eigenvalue weighted by Crippen LogP contribution is 2.10. The van der Waals surface area contributed by atoms with E-state index in [0.717, 1.165) is 38.3 Å². The van der Waals surface area contributed by atoms with E-state index in [9.17, 15) is 8.42 Å². The number of rotatable bonds is 9. The average molecular weight is 362 g/mol. The van der Waals surface area contributed by atoms with E-state index in [2.05, 4.69) is 27.4 Å². The third-order valence-corrected chi connectivity index (χ3v) is 5.77. The molecule has 0 aromatic heterocycles. The zero-order valence-electron chi connectivity index (χ0n) is 15.7. The number of likely N-dealkylation sites (tertiary alicyclic amines) is 1. The van der Waals surface area contributed by atoms with Crippen molar-refractivity contribution in [2.24, 2.45) is 4.99 Å². The van der Waals surface area contributed by atoms with Crippen molar-refractivity contribution in [1.29, 1.82) is 0 Å². The van der Waals surface area contributed by atoms with Gasteiger partial charge in [0.25, 0.3) is 0 Å². The highest BCUT2D eigenvalue weighted by molar-refractivity contribution is 7.88. The van der Waals surface area contributed by atoms with E-state index in [1.54, 1.807) is 7.05 Å². The van der Waals surface area contributed by atoms with Gasteiger partial charge in [-0.25, -0.2) is 12.7 Å². The van der Waals surface area contributed by atoms with E-state index in [0.29, 0.717) is 25.7 Å². The van der Waals surface area contributed by atoms with Crippen LogP contribution in [-0.2, 0) is 10.0 Å². The summed E-state index contributed by atoms with van der Waals surface area (Å²) in [5, 5.41) is 6.77. The van der Waals surface area contributed by atoms with Crippen LogP contribution < -0.4 is 10.6 Å². The van der Waals surface area contributed by atoms with Crippen LogP contribution in [0.15, 0.2) is 4.99 Å². The molecular weight excluding hydrogens is 326 g/mol. The third kappa shape index (κ3) is 7.81. The molecule has 0 saturated carbocycles. The lowest BCUT2D eigenvalue weighted by Crippen LogP contribution is -2.49. The van der Waals surface area contributed by atoms with Gasteiger partial charge >= 0.3 is 0 Å². The van der Waals surface area contributed by atoms with E-state index in [-0.39, 0.29) is 0 Å². The summed E-state index contributed by atoms with van der Waals surface area (Å²) >= 11 is 0. The third-order valence-electron chi connectivity index (χ3n) is 4.39. The van der Waals surface area contributed by atoms with Gasteiger partial charge in [-0.3, -0.25) is 4.99 Å². The second-order valence-corrected chi connectivity index (χ2v) is 8.35. The summed E-state index contributed by atoms with van der Waals surface area (Å²) < 4.78 is 24.6.